The Labute approximate surface area is 84.4 Å². The molecule has 84 valence electrons. The SMILES string of the molecule is O=c1occ([N+](=O)[O-])c([N+](=O)[O-])c1[N+](=O)[O-]. The minimum atomic E-state index is -1.62. The van der Waals surface area contributed by atoms with Crippen LogP contribution in [-0.4, -0.2) is 14.8 Å². The van der Waals surface area contributed by atoms with Crippen LogP contribution in [0.25, 0.3) is 0 Å². The van der Waals surface area contributed by atoms with Gasteiger partial charge in [-0.15, -0.1) is 0 Å². The van der Waals surface area contributed by atoms with E-state index in [1.165, 1.54) is 0 Å². The molecule has 0 amide bonds. The highest BCUT2D eigenvalue weighted by atomic mass is 16.7. The maximum absolute atomic E-state index is 10.8. The Morgan fingerprint density at radius 2 is 1.44 bits per heavy atom. The molecule has 16 heavy (non-hydrogen) atoms. The molecule has 0 radical (unpaired) electrons. The van der Waals surface area contributed by atoms with E-state index in [1.54, 1.807) is 0 Å². The number of rotatable bonds is 3. The third-order valence-corrected chi connectivity index (χ3v) is 1.50. The fourth-order valence-corrected chi connectivity index (χ4v) is 0.909. The molecule has 0 saturated carbocycles. The first-order chi connectivity index (χ1) is 7.36. The van der Waals surface area contributed by atoms with Crippen molar-refractivity contribution >= 4 is 17.1 Å². The number of nitro groups is 3. The Kier molecular flexibility index (Phi) is 2.61. The molecule has 1 aromatic heterocycles. The van der Waals surface area contributed by atoms with Crippen LogP contribution in [-0.2, 0) is 0 Å². The van der Waals surface area contributed by atoms with Gasteiger partial charge in [0, 0.05) is 0 Å². The van der Waals surface area contributed by atoms with Crippen LogP contribution in [0.15, 0.2) is 15.5 Å². The van der Waals surface area contributed by atoms with Crippen molar-refractivity contribution in [3.05, 3.63) is 47.0 Å². The minimum Gasteiger partial charge on any atom is -0.419 e. The monoisotopic (exact) mass is 231 g/mol. The van der Waals surface area contributed by atoms with Gasteiger partial charge in [0.2, 0.25) is 0 Å². The molecule has 0 aliphatic carbocycles. The first-order valence-corrected chi connectivity index (χ1v) is 3.45. The van der Waals surface area contributed by atoms with Crippen LogP contribution in [0.2, 0.25) is 0 Å². The van der Waals surface area contributed by atoms with E-state index in [0.717, 1.165) is 0 Å². The topological polar surface area (TPSA) is 160 Å². The Hall–Kier alpha value is -2.85. The van der Waals surface area contributed by atoms with Crippen LogP contribution in [0.1, 0.15) is 0 Å². The van der Waals surface area contributed by atoms with E-state index in [0.29, 0.717) is 0 Å². The third kappa shape index (κ3) is 1.68. The summed E-state index contributed by atoms with van der Waals surface area (Å²) in [6, 6.07) is 0. The maximum Gasteiger partial charge on any atom is 0.437 e. The smallest absolute Gasteiger partial charge is 0.419 e. The van der Waals surface area contributed by atoms with Gasteiger partial charge in [-0.3, -0.25) is 30.3 Å². The van der Waals surface area contributed by atoms with Crippen LogP contribution in [0, 0.1) is 30.3 Å². The highest BCUT2D eigenvalue weighted by Gasteiger charge is 2.40. The second-order valence-electron chi connectivity index (χ2n) is 2.38. The lowest BCUT2D eigenvalue weighted by Gasteiger charge is -1.93. The van der Waals surface area contributed by atoms with Crippen molar-refractivity contribution in [2.45, 2.75) is 0 Å². The third-order valence-electron chi connectivity index (χ3n) is 1.50. The maximum atomic E-state index is 10.8. The molecule has 0 aliphatic rings. The van der Waals surface area contributed by atoms with Gasteiger partial charge in [-0.05, 0) is 0 Å². The summed E-state index contributed by atoms with van der Waals surface area (Å²) in [5, 5.41) is 31.1. The summed E-state index contributed by atoms with van der Waals surface area (Å²) in [5.74, 6) is 0. The molecule has 1 rings (SSSR count). The van der Waals surface area contributed by atoms with Gasteiger partial charge >= 0.3 is 22.7 Å². The van der Waals surface area contributed by atoms with Crippen molar-refractivity contribution in [3.8, 4) is 0 Å². The van der Waals surface area contributed by atoms with Crippen LogP contribution in [0.5, 0.6) is 0 Å². The van der Waals surface area contributed by atoms with E-state index >= 15 is 0 Å². The summed E-state index contributed by atoms with van der Waals surface area (Å²) in [6.07, 6.45) is 0.188. The highest BCUT2D eigenvalue weighted by Crippen LogP contribution is 2.32. The predicted octanol–water partition coefficient (Wildman–Crippen LogP) is 0.364. The Morgan fingerprint density at radius 1 is 0.938 bits per heavy atom. The van der Waals surface area contributed by atoms with E-state index in [9.17, 15) is 35.1 Å². The van der Waals surface area contributed by atoms with Crippen molar-refractivity contribution < 1.29 is 19.2 Å². The van der Waals surface area contributed by atoms with Crippen molar-refractivity contribution in [1.29, 1.82) is 0 Å². The largest absolute Gasteiger partial charge is 0.437 e. The van der Waals surface area contributed by atoms with E-state index < -0.39 is 37.5 Å². The molecule has 0 saturated heterocycles. The summed E-state index contributed by atoms with van der Waals surface area (Å²) in [5.41, 5.74) is -5.94. The van der Waals surface area contributed by atoms with Crippen LogP contribution >= 0.6 is 0 Å². The molecule has 0 aliphatic heterocycles. The van der Waals surface area contributed by atoms with Gasteiger partial charge in [0.25, 0.3) is 0 Å². The molecular formula is C5HN3O8. The van der Waals surface area contributed by atoms with Gasteiger partial charge < -0.3 is 4.42 Å². The van der Waals surface area contributed by atoms with Gasteiger partial charge in [0.1, 0.15) is 0 Å². The number of hydrogen-bond acceptors (Lipinski definition) is 8. The quantitative estimate of drug-likeness (QED) is 0.532. The zero-order chi connectivity index (χ0) is 12.5. The highest BCUT2D eigenvalue weighted by molar-refractivity contribution is 5.62. The summed E-state index contributed by atoms with van der Waals surface area (Å²) >= 11 is 0. The molecule has 1 heterocycles. The molecule has 0 atom stereocenters. The van der Waals surface area contributed by atoms with E-state index in [4.69, 9.17) is 0 Å². The summed E-state index contributed by atoms with van der Waals surface area (Å²) < 4.78 is 3.96. The van der Waals surface area contributed by atoms with Crippen molar-refractivity contribution in [2.24, 2.45) is 0 Å². The van der Waals surface area contributed by atoms with Gasteiger partial charge in [-0.1, -0.05) is 0 Å². The Balaban J connectivity index is 3.77. The molecule has 0 unspecified atom stereocenters. The molecule has 0 fully saturated rings. The van der Waals surface area contributed by atoms with Gasteiger partial charge in [0.15, 0.2) is 6.26 Å². The summed E-state index contributed by atoms with van der Waals surface area (Å²) in [7, 11) is 0. The molecule has 0 N–H and O–H groups in total. The van der Waals surface area contributed by atoms with Crippen LogP contribution in [0.4, 0.5) is 17.1 Å². The van der Waals surface area contributed by atoms with Crippen LogP contribution in [0.3, 0.4) is 0 Å². The standard InChI is InChI=1S/C5HN3O8/c9-5-4(8(14)15)3(7(12)13)2(1-16-5)6(10)11/h1H. The molecular weight excluding hydrogens is 230 g/mol. The average molecular weight is 231 g/mol. The summed E-state index contributed by atoms with van der Waals surface area (Å²) in [4.78, 5) is 37.9. The first-order valence-electron chi connectivity index (χ1n) is 3.45. The average Bonchev–Trinajstić information content (AvgIpc) is 2.15. The lowest BCUT2D eigenvalue weighted by atomic mass is 10.3. The van der Waals surface area contributed by atoms with Crippen molar-refractivity contribution in [1.82, 2.24) is 0 Å². The molecule has 0 spiro atoms. The van der Waals surface area contributed by atoms with Crippen molar-refractivity contribution in [3.63, 3.8) is 0 Å². The van der Waals surface area contributed by atoms with E-state index in [2.05, 4.69) is 4.42 Å². The Bertz CT molecular complexity index is 545. The lowest BCUT2D eigenvalue weighted by Crippen LogP contribution is -2.11. The normalized spacial score (nSPS) is 9.75. The number of hydrogen-bond donors (Lipinski definition) is 0. The Morgan fingerprint density at radius 3 is 1.81 bits per heavy atom. The zero-order valence-electron chi connectivity index (χ0n) is 7.18. The molecule has 11 heteroatoms. The second-order valence-corrected chi connectivity index (χ2v) is 2.38. The first kappa shape index (κ1) is 11.2. The second kappa shape index (κ2) is 3.72. The summed E-state index contributed by atoms with van der Waals surface area (Å²) in [6.45, 7) is 0. The zero-order valence-corrected chi connectivity index (χ0v) is 7.18. The predicted molar refractivity (Wildman–Crippen MR) is 44.9 cm³/mol. The lowest BCUT2D eigenvalue weighted by molar-refractivity contribution is -0.443. The molecule has 11 nitrogen and oxygen atoms in total. The molecule has 0 bridgehead atoms. The van der Waals surface area contributed by atoms with Crippen molar-refractivity contribution in [2.75, 3.05) is 0 Å². The fraction of sp³-hybridized carbons (Fsp3) is 0. The van der Waals surface area contributed by atoms with Gasteiger partial charge in [-0.2, -0.15) is 0 Å². The van der Waals surface area contributed by atoms with E-state index in [1.807, 2.05) is 0 Å². The molecule has 1 aromatic rings. The van der Waals surface area contributed by atoms with E-state index in [-0.39, 0.29) is 6.26 Å². The minimum absolute atomic E-state index is 0.188. The van der Waals surface area contributed by atoms with Gasteiger partial charge in [0.05, 0.1) is 14.8 Å². The fourth-order valence-electron chi connectivity index (χ4n) is 0.909. The number of nitrogens with zero attached hydrogens (tertiary/aromatic N) is 3. The molecule has 0 aromatic carbocycles. The van der Waals surface area contributed by atoms with Gasteiger partial charge in [-0.25, -0.2) is 4.79 Å². The van der Waals surface area contributed by atoms with Crippen LogP contribution < -0.4 is 5.63 Å².